The van der Waals surface area contributed by atoms with Crippen LogP contribution in [0.15, 0.2) is 0 Å². The van der Waals surface area contributed by atoms with Crippen molar-refractivity contribution < 1.29 is 28.7 Å². The van der Waals surface area contributed by atoms with Gasteiger partial charge in [-0.2, -0.15) is 0 Å². The summed E-state index contributed by atoms with van der Waals surface area (Å²) in [5.74, 6) is 0.529. The summed E-state index contributed by atoms with van der Waals surface area (Å²) in [6.45, 7) is 14.4. The van der Waals surface area contributed by atoms with Crippen molar-refractivity contribution in [1.29, 1.82) is 0 Å². The molecule has 0 unspecified atom stereocenters. The first kappa shape index (κ1) is 30.2. The minimum Gasteiger partial charge on any atom is -0.458 e. The van der Waals surface area contributed by atoms with E-state index >= 15 is 0 Å². The first-order valence-corrected chi connectivity index (χ1v) is 14.4. The number of nitrogens with one attached hydrogen (secondary N) is 3. The molecule has 216 valence electrons. The highest BCUT2D eigenvalue weighted by Gasteiger charge is 2.53. The summed E-state index contributed by atoms with van der Waals surface area (Å²) in [7, 11) is 0. The van der Waals surface area contributed by atoms with Crippen LogP contribution in [0.4, 0.5) is 4.79 Å². The summed E-state index contributed by atoms with van der Waals surface area (Å²) >= 11 is 0. The van der Waals surface area contributed by atoms with Gasteiger partial charge in [-0.15, -0.1) is 0 Å². The van der Waals surface area contributed by atoms with E-state index in [1.54, 1.807) is 27.7 Å². The number of esters is 1. The quantitative estimate of drug-likeness (QED) is 0.362. The van der Waals surface area contributed by atoms with Crippen LogP contribution >= 0.6 is 0 Å². The average Bonchev–Trinajstić information content (AvgIpc) is 2.73. The van der Waals surface area contributed by atoms with Crippen molar-refractivity contribution in [3.8, 4) is 0 Å². The molecule has 0 heterocycles. The molecule has 9 nitrogen and oxygen atoms in total. The molecule has 0 aliphatic heterocycles. The second kappa shape index (κ2) is 11.8. The first-order valence-electron chi connectivity index (χ1n) is 14.4. The van der Waals surface area contributed by atoms with E-state index in [-0.39, 0.29) is 17.4 Å². The van der Waals surface area contributed by atoms with E-state index in [0.717, 1.165) is 19.3 Å². The predicted molar refractivity (Wildman–Crippen MR) is 144 cm³/mol. The predicted octanol–water partition coefficient (Wildman–Crippen LogP) is 4.08. The third kappa shape index (κ3) is 8.09. The molecule has 0 aromatic rings. The van der Waals surface area contributed by atoms with Gasteiger partial charge in [0.05, 0.1) is 0 Å². The van der Waals surface area contributed by atoms with Crippen molar-refractivity contribution in [2.45, 2.75) is 130 Å². The highest BCUT2D eigenvalue weighted by molar-refractivity contribution is 5.93. The van der Waals surface area contributed by atoms with Gasteiger partial charge in [-0.1, -0.05) is 27.7 Å². The van der Waals surface area contributed by atoms with E-state index in [2.05, 4.69) is 16.0 Å². The highest BCUT2D eigenvalue weighted by Crippen LogP contribution is 2.57. The molecule has 4 rings (SSSR count). The molecule has 3 amide bonds. The zero-order valence-electron chi connectivity index (χ0n) is 24.5. The number of carbonyl (C=O) groups excluding carboxylic acids is 4. The van der Waals surface area contributed by atoms with Crippen LogP contribution in [-0.2, 0) is 23.9 Å². The number of carbonyl (C=O) groups is 4. The van der Waals surface area contributed by atoms with Gasteiger partial charge in [0.25, 0.3) is 0 Å². The van der Waals surface area contributed by atoms with Crippen LogP contribution in [0.2, 0.25) is 0 Å². The first-order chi connectivity index (χ1) is 17.6. The monoisotopic (exact) mass is 535 g/mol. The molecule has 38 heavy (non-hydrogen) atoms. The minimum atomic E-state index is -0.911. The van der Waals surface area contributed by atoms with Crippen LogP contribution in [0.25, 0.3) is 0 Å². The van der Waals surface area contributed by atoms with Crippen LogP contribution in [0.3, 0.4) is 0 Å². The summed E-state index contributed by atoms with van der Waals surface area (Å²) in [4.78, 5) is 51.7. The van der Waals surface area contributed by atoms with Gasteiger partial charge in [0.2, 0.25) is 11.8 Å². The molecule has 0 radical (unpaired) electrons. The Bertz CT molecular complexity index is 858. The van der Waals surface area contributed by atoms with Crippen molar-refractivity contribution in [2.24, 2.45) is 29.6 Å². The SMILES string of the molecule is CC(C)C[C@H](NC(=O)OC(C)(C)C)C(=O)N[C@@H](C)C(=O)N[C@H](C(=O)OC12CC3CC(CC(C3)C1)C2)C(C)C. The number of rotatable bonds is 10. The Kier molecular flexibility index (Phi) is 9.40. The molecule has 4 bridgehead atoms. The van der Waals surface area contributed by atoms with Crippen LogP contribution in [0, 0.1) is 29.6 Å². The molecule has 0 aromatic carbocycles. The Morgan fingerprint density at radius 1 is 0.816 bits per heavy atom. The van der Waals surface area contributed by atoms with E-state index in [1.807, 2.05) is 27.7 Å². The lowest BCUT2D eigenvalue weighted by molar-refractivity contribution is -0.190. The molecule has 3 atom stereocenters. The van der Waals surface area contributed by atoms with E-state index in [1.165, 1.54) is 19.3 Å². The number of ether oxygens (including phenoxy) is 2. The van der Waals surface area contributed by atoms with Crippen LogP contribution < -0.4 is 16.0 Å². The van der Waals surface area contributed by atoms with Gasteiger partial charge in [-0.05, 0) is 102 Å². The molecule has 3 N–H and O–H groups in total. The van der Waals surface area contributed by atoms with Crippen molar-refractivity contribution in [2.75, 3.05) is 0 Å². The third-order valence-corrected chi connectivity index (χ3v) is 7.98. The maximum atomic E-state index is 13.3. The van der Waals surface area contributed by atoms with Gasteiger partial charge in [0.15, 0.2) is 0 Å². The second-order valence-corrected chi connectivity index (χ2v) is 13.8. The molecule has 9 heteroatoms. The summed E-state index contributed by atoms with van der Waals surface area (Å²) in [6, 6.07) is -2.57. The van der Waals surface area contributed by atoms with Crippen LogP contribution in [0.5, 0.6) is 0 Å². The van der Waals surface area contributed by atoms with E-state index in [4.69, 9.17) is 9.47 Å². The Labute approximate surface area is 227 Å². The maximum absolute atomic E-state index is 13.3. The summed E-state index contributed by atoms with van der Waals surface area (Å²) in [6.07, 6.45) is 6.22. The lowest BCUT2D eigenvalue weighted by Gasteiger charge is -2.55. The number of hydrogen-bond acceptors (Lipinski definition) is 6. The summed E-state index contributed by atoms with van der Waals surface area (Å²) in [5.41, 5.74) is -1.09. The normalized spacial score (nSPS) is 28.4. The fraction of sp³-hybridized carbons (Fsp3) is 0.862. The van der Waals surface area contributed by atoms with Crippen LogP contribution in [0.1, 0.15) is 100 Å². The smallest absolute Gasteiger partial charge is 0.408 e. The fourth-order valence-corrected chi connectivity index (χ4v) is 6.74. The van der Waals surface area contributed by atoms with Crippen molar-refractivity contribution >= 4 is 23.9 Å². The standard InChI is InChI=1S/C29H49N3O6/c1-16(2)9-22(31-27(36)38-28(6,7)8)25(34)30-18(5)24(33)32-23(17(3)4)26(35)37-29-13-19-10-20(14-29)12-21(11-19)15-29/h16-23H,9-15H2,1-8H3,(H,30,34)(H,31,36)(H,32,33)/t18-,19?,20?,21?,22-,23-,29?/m0/s1. The van der Waals surface area contributed by atoms with E-state index in [0.29, 0.717) is 24.2 Å². The van der Waals surface area contributed by atoms with Crippen molar-refractivity contribution in [1.82, 2.24) is 16.0 Å². The van der Waals surface area contributed by atoms with Crippen molar-refractivity contribution in [3.05, 3.63) is 0 Å². The van der Waals surface area contributed by atoms with Gasteiger partial charge in [0, 0.05) is 0 Å². The average molecular weight is 536 g/mol. The number of hydrogen-bond donors (Lipinski definition) is 3. The molecule has 4 aliphatic carbocycles. The lowest BCUT2D eigenvalue weighted by Crippen LogP contribution is -2.58. The number of amides is 3. The van der Waals surface area contributed by atoms with Crippen LogP contribution in [-0.4, -0.2) is 53.2 Å². The second-order valence-electron chi connectivity index (χ2n) is 13.8. The molecular weight excluding hydrogens is 486 g/mol. The zero-order chi connectivity index (χ0) is 28.4. The van der Waals surface area contributed by atoms with E-state index < -0.39 is 47.6 Å². The zero-order valence-corrected chi connectivity index (χ0v) is 24.5. The summed E-state index contributed by atoms with van der Waals surface area (Å²) < 4.78 is 11.5. The Balaban J connectivity index is 1.58. The molecule has 4 fully saturated rings. The van der Waals surface area contributed by atoms with Gasteiger partial charge in [-0.25, -0.2) is 9.59 Å². The third-order valence-electron chi connectivity index (χ3n) is 7.98. The molecular formula is C29H49N3O6. The van der Waals surface area contributed by atoms with E-state index in [9.17, 15) is 19.2 Å². The summed E-state index contributed by atoms with van der Waals surface area (Å²) in [5, 5.41) is 8.12. The topological polar surface area (TPSA) is 123 Å². The number of alkyl carbamates (subject to hydrolysis) is 1. The molecule has 0 spiro atoms. The molecule has 0 saturated heterocycles. The fourth-order valence-electron chi connectivity index (χ4n) is 6.74. The van der Waals surface area contributed by atoms with Gasteiger partial charge < -0.3 is 25.4 Å². The molecule has 0 aromatic heterocycles. The Morgan fingerprint density at radius 3 is 1.79 bits per heavy atom. The highest BCUT2D eigenvalue weighted by atomic mass is 16.6. The van der Waals surface area contributed by atoms with Gasteiger partial charge in [0.1, 0.15) is 29.3 Å². The Morgan fingerprint density at radius 2 is 1.34 bits per heavy atom. The van der Waals surface area contributed by atoms with Gasteiger partial charge >= 0.3 is 12.1 Å². The lowest BCUT2D eigenvalue weighted by atomic mass is 9.54. The molecule has 4 saturated carbocycles. The van der Waals surface area contributed by atoms with Gasteiger partial charge in [-0.3, -0.25) is 9.59 Å². The van der Waals surface area contributed by atoms with Crippen molar-refractivity contribution in [3.63, 3.8) is 0 Å². The largest absolute Gasteiger partial charge is 0.458 e. The maximum Gasteiger partial charge on any atom is 0.408 e. The minimum absolute atomic E-state index is 0.120. The Hall–Kier alpha value is -2.32. The molecule has 4 aliphatic rings.